The van der Waals surface area contributed by atoms with Gasteiger partial charge in [0.15, 0.2) is 5.75 Å². The lowest BCUT2D eigenvalue weighted by atomic mass is 10.2. The van der Waals surface area contributed by atoms with Crippen LogP contribution in [0.15, 0.2) is 71.6 Å². The molecule has 156 valence electrons. The number of nitrogens with one attached hydrogen (secondary N) is 1. The second-order valence-electron chi connectivity index (χ2n) is 6.04. The summed E-state index contributed by atoms with van der Waals surface area (Å²) in [5, 5.41) is 0.329. The monoisotopic (exact) mass is 447 g/mol. The van der Waals surface area contributed by atoms with Crippen LogP contribution in [-0.4, -0.2) is 28.6 Å². The highest BCUT2D eigenvalue weighted by molar-refractivity contribution is 7.92. The molecule has 3 rings (SSSR count). The van der Waals surface area contributed by atoms with Gasteiger partial charge in [-0.05, 0) is 66.7 Å². The molecule has 0 aromatic heterocycles. The SMILES string of the molecule is COC(=O)c1ccc(Oc2ccc(Cl)cc2NS(=O)(=O)c2ccc(OC)cc2)cc1. The molecule has 3 aromatic rings. The lowest BCUT2D eigenvalue weighted by molar-refractivity contribution is 0.0600. The Labute approximate surface area is 179 Å². The van der Waals surface area contributed by atoms with E-state index in [0.29, 0.717) is 22.1 Å². The zero-order valence-corrected chi connectivity index (χ0v) is 17.7. The Morgan fingerprint density at radius 3 is 2.13 bits per heavy atom. The average Bonchev–Trinajstić information content (AvgIpc) is 2.75. The molecule has 7 nitrogen and oxygen atoms in total. The van der Waals surface area contributed by atoms with Crippen molar-refractivity contribution in [1.82, 2.24) is 0 Å². The van der Waals surface area contributed by atoms with Crippen molar-refractivity contribution in [3.8, 4) is 17.2 Å². The van der Waals surface area contributed by atoms with Crippen LogP contribution in [-0.2, 0) is 14.8 Å². The van der Waals surface area contributed by atoms with E-state index in [-0.39, 0.29) is 16.3 Å². The van der Waals surface area contributed by atoms with E-state index in [2.05, 4.69) is 9.46 Å². The number of rotatable bonds is 7. The van der Waals surface area contributed by atoms with Gasteiger partial charge in [0, 0.05) is 5.02 Å². The molecule has 0 bridgehead atoms. The maximum absolute atomic E-state index is 12.8. The number of carbonyl (C=O) groups excluding carboxylic acids is 1. The zero-order valence-electron chi connectivity index (χ0n) is 16.1. The third-order valence-corrected chi connectivity index (χ3v) is 5.68. The fourth-order valence-corrected chi connectivity index (χ4v) is 3.77. The molecule has 0 amide bonds. The Balaban J connectivity index is 1.87. The molecular weight excluding hydrogens is 430 g/mol. The highest BCUT2D eigenvalue weighted by atomic mass is 35.5. The lowest BCUT2D eigenvalue weighted by Crippen LogP contribution is -2.13. The first kappa shape index (κ1) is 21.5. The van der Waals surface area contributed by atoms with Gasteiger partial charge in [-0.15, -0.1) is 0 Å². The lowest BCUT2D eigenvalue weighted by Gasteiger charge is -2.14. The number of carbonyl (C=O) groups is 1. The summed E-state index contributed by atoms with van der Waals surface area (Å²) in [6, 6.07) is 16.7. The van der Waals surface area contributed by atoms with Gasteiger partial charge in [0.05, 0.1) is 30.4 Å². The predicted octanol–water partition coefficient (Wildman–Crippen LogP) is 4.73. The van der Waals surface area contributed by atoms with E-state index in [9.17, 15) is 13.2 Å². The van der Waals surface area contributed by atoms with Gasteiger partial charge in [0.2, 0.25) is 0 Å². The molecule has 0 spiro atoms. The Bertz CT molecular complexity index is 1150. The summed E-state index contributed by atoms with van der Waals surface area (Å²) in [6.45, 7) is 0. The molecule has 0 saturated heterocycles. The maximum Gasteiger partial charge on any atom is 0.337 e. The minimum Gasteiger partial charge on any atom is -0.497 e. The topological polar surface area (TPSA) is 90.9 Å². The first-order valence-corrected chi connectivity index (χ1v) is 10.5. The van der Waals surface area contributed by atoms with Crippen LogP contribution in [0.1, 0.15) is 10.4 Å². The van der Waals surface area contributed by atoms with Crippen LogP contribution in [0.2, 0.25) is 5.02 Å². The summed E-state index contributed by atoms with van der Waals surface area (Å²) < 4.78 is 43.5. The summed E-state index contributed by atoms with van der Waals surface area (Å²) in [6.07, 6.45) is 0. The Hall–Kier alpha value is -3.23. The number of esters is 1. The number of ether oxygens (including phenoxy) is 3. The number of sulfonamides is 1. The highest BCUT2D eigenvalue weighted by Crippen LogP contribution is 2.34. The second kappa shape index (κ2) is 9.06. The minimum atomic E-state index is -3.90. The Morgan fingerprint density at radius 1 is 0.900 bits per heavy atom. The molecule has 0 saturated carbocycles. The molecule has 0 aliphatic heterocycles. The third-order valence-electron chi connectivity index (χ3n) is 4.06. The van der Waals surface area contributed by atoms with Crippen LogP contribution in [0.4, 0.5) is 5.69 Å². The van der Waals surface area contributed by atoms with Crippen LogP contribution in [0.5, 0.6) is 17.2 Å². The van der Waals surface area contributed by atoms with E-state index in [4.69, 9.17) is 21.1 Å². The predicted molar refractivity (Wildman–Crippen MR) is 113 cm³/mol. The van der Waals surface area contributed by atoms with E-state index < -0.39 is 16.0 Å². The average molecular weight is 448 g/mol. The Morgan fingerprint density at radius 2 is 1.53 bits per heavy atom. The van der Waals surface area contributed by atoms with Crippen molar-refractivity contribution in [2.75, 3.05) is 18.9 Å². The van der Waals surface area contributed by atoms with E-state index in [1.165, 1.54) is 44.6 Å². The maximum atomic E-state index is 12.8. The molecule has 0 aliphatic rings. The molecule has 9 heteroatoms. The van der Waals surface area contributed by atoms with Gasteiger partial charge < -0.3 is 14.2 Å². The summed E-state index contributed by atoms with van der Waals surface area (Å²) in [5.74, 6) is 0.703. The number of halogens is 1. The molecule has 0 aliphatic carbocycles. The number of hydrogen-bond acceptors (Lipinski definition) is 6. The smallest absolute Gasteiger partial charge is 0.337 e. The van der Waals surface area contributed by atoms with E-state index in [1.54, 1.807) is 36.4 Å². The first-order chi connectivity index (χ1) is 14.3. The molecule has 1 N–H and O–H groups in total. The van der Waals surface area contributed by atoms with Crippen molar-refractivity contribution in [3.63, 3.8) is 0 Å². The van der Waals surface area contributed by atoms with Crippen LogP contribution in [0.25, 0.3) is 0 Å². The van der Waals surface area contributed by atoms with Gasteiger partial charge in [-0.3, -0.25) is 4.72 Å². The third kappa shape index (κ3) is 5.03. The molecular formula is C21H18ClNO6S. The van der Waals surface area contributed by atoms with Crippen molar-refractivity contribution in [3.05, 3.63) is 77.3 Å². The molecule has 0 radical (unpaired) electrons. The number of hydrogen-bond donors (Lipinski definition) is 1. The second-order valence-corrected chi connectivity index (χ2v) is 8.16. The summed E-state index contributed by atoms with van der Waals surface area (Å²) in [5.41, 5.74) is 0.525. The fraction of sp³-hybridized carbons (Fsp3) is 0.0952. The van der Waals surface area contributed by atoms with Crippen molar-refractivity contribution in [1.29, 1.82) is 0 Å². The van der Waals surface area contributed by atoms with E-state index >= 15 is 0 Å². The van der Waals surface area contributed by atoms with Crippen LogP contribution < -0.4 is 14.2 Å². The highest BCUT2D eigenvalue weighted by Gasteiger charge is 2.18. The summed E-state index contributed by atoms with van der Waals surface area (Å²) in [7, 11) is -1.11. The summed E-state index contributed by atoms with van der Waals surface area (Å²) >= 11 is 6.05. The molecule has 0 fully saturated rings. The largest absolute Gasteiger partial charge is 0.497 e. The van der Waals surface area contributed by atoms with E-state index in [0.717, 1.165) is 0 Å². The van der Waals surface area contributed by atoms with Crippen molar-refractivity contribution in [2.24, 2.45) is 0 Å². The first-order valence-electron chi connectivity index (χ1n) is 8.65. The van der Waals surface area contributed by atoms with Crippen molar-refractivity contribution >= 4 is 33.3 Å². The summed E-state index contributed by atoms with van der Waals surface area (Å²) in [4.78, 5) is 11.6. The van der Waals surface area contributed by atoms with Crippen LogP contribution in [0, 0.1) is 0 Å². The van der Waals surface area contributed by atoms with Gasteiger partial charge in [0.1, 0.15) is 11.5 Å². The fourth-order valence-electron chi connectivity index (χ4n) is 2.53. The van der Waals surface area contributed by atoms with Crippen LogP contribution in [0.3, 0.4) is 0 Å². The van der Waals surface area contributed by atoms with Gasteiger partial charge in [-0.2, -0.15) is 0 Å². The molecule has 0 unspecified atom stereocenters. The van der Waals surface area contributed by atoms with Gasteiger partial charge in [-0.1, -0.05) is 11.6 Å². The normalized spacial score (nSPS) is 10.9. The number of benzene rings is 3. The van der Waals surface area contributed by atoms with Gasteiger partial charge in [0.25, 0.3) is 10.0 Å². The number of methoxy groups -OCH3 is 2. The molecule has 0 atom stereocenters. The molecule has 30 heavy (non-hydrogen) atoms. The molecule has 3 aromatic carbocycles. The van der Waals surface area contributed by atoms with Gasteiger partial charge >= 0.3 is 5.97 Å². The van der Waals surface area contributed by atoms with Gasteiger partial charge in [-0.25, -0.2) is 13.2 Å². The molecule has 0 heterocycles. The van der Waals surface area contributed by atoms with E-state index in [1.807, 2.05) is 0 Å². The van der Waals surface area contributed by atoms with Crippen LogP contribution >= 0.6 is 11.6 Å². The minimum absolute atomic E-state index is 0.0525. The Kier molecular flexibility index (Phi) is 6.49. The van der Waals surface area contributed by atoms with Crippen molar-refractivity contribution in [2.45, 2.75) is 4.90 Å². The zero-order chi connectivity index (χ0) is 21.7. The standard InChI is InChI=1S/C21H18ClNO6S/c1-27-16-8-10-18(11-9-16)30(25,26)23-19-13-15(22)5-12-20(19)29-17-6-3-14(4-7-17)21(24)28-2/h3-13,23H,1-2H3. The van der Waals surface area contributed by atoms with Crippen molar-refractivity contribution < 1.29 is 27.4 Å². The number of anilines is 1. The quantitative estimate of drug-likeness (QED) is 0.526.